The van der Waals surface area contributed by atoms with Crippen molar-refractivity contribution in [1.29, 1.82) is 0 Å². The number of carbonyl (C=O) groups excluding carboxylic acids is 2. The molecule has 0 saturated carbocycles. The van der Waals surface area contributed by atoms with Crippen LogP contribution in [0.1, 0.15) is 0 Å². The number of para-hydroxylation sites is 2. The summed E-state index contributed by atoms with van der Waals surface area (Å²) < 4.78 is 24.5. The molecule has 2 aromatic rings. The SMILES string of the molecule is CN(CC(=O)NCC1COc2ccccc2O1)CC(=O)Nc1cccc(F)c1. The normalized spacial score (nSPS) is 15.2. The van der Waals surface area contributed by atoms with Crippen molar-refractivity contribution in [1.82, 2.24) is 10.2 Å². The highest BCUT2D eigenvalue weighted by atomic mass is 19.1. The molecular formula is C20H22FN3O4. The Labute approximate surface area is 162 Å². The minimum atomic E-state index is -0.429. The van der Waals surface area contributed by atoms with E-state index in [-0.39, 0.29) is 31.0 Å². The smallest absolute Gasteiger partial charge is 0.238 e. The fourth-order valence-electron chi connectivity index (χ4n) is 2.76. The van der Waals surface area contributed by atoms with Crippen LogP contribution in [0.15, 0.2) is 48.5 Å². The lowest BCUT2D eigenvalue weighted by atomic mass is 10.2. The number of benzene rings is 2. The topological polar surface area (TPSA) is 79.9 Å². The summed E-state index contributed by atoms with van der Waals surface area (Å²) in [5, 5.41) is 5.37. The molecule has 28 heavy (non-hydrogen) atoms. The van der Waals surface area contributed by atoms with Gasteiger partial charge in [-0.25, -0.2) is 4.39 Å². The number of amides is 2. The third kappa shape index (κ3) is 5.68. The number of halogens is 1. The number of fused-ring (bicyclic) bond motifs is 1. The van der Waals surface area contributed by atoms with Crippen molar-refractivity contribution >= 4 is 17.5 Å². The first-order valence-electron chi connectivity index (χ1n) is 8.89. The Balaban J connectivity index is 1.38. The summed E-state index contributed by atoms with van der Waals surface area (Å²) in [4.78, 5) is 25.7. The van der Waals surface area contributed by atoms with Gasteiger partial charge in [-0.05, 0) is 37.4 Å². The van der Waals surface area contributed by atoms with Crippen molar-refractivity contribution in [2.45, 2.75) is 6.10 Å². The average molecular weight is 387 g/mol. The molecular weight excluding hydrogens is 365 g/mol. The highest BCUT2D eigenvalue weighted by molar-refractivity contribution is 5.92. The van der Waals surface area contributed by atoms with Gasteiger partial charge in [0.15, 0.2) is 11.5 Å². The first-order valence-corrected chi connectivity index (χ1v) is 8.89. The van der Waals surface area contributed by atoms with Crippen LogP contribution in [-0.2, 0) is 9.59 Å². The van der Waals surface area contributed by atoms with Gasteiger partial charge >= 0.3 is 0 Å². The summed E-state index contributed by atoms with van der Waals surface area (Å²) in [5.74, 6) is 0.348. The van der Waals surface area contributed by atoms with Crippen LogP contribution in [0.25, 0.3) is 0 Å². The maximum Gasteiger partial charge on any atom is 0.238 e. The summed E-state index contributed by atoms with van der Waals surface area (Å²) in [6, 6.07) is 13.0. The lowest BCUT2D eigenvalue weighted by Crippen LogP contribution is -2.44. The largest absolute Gasteiger partial charge is 0.486 e. The van der Waals surface area contributed by atoms with E-state index in [1.165, 1.54) is 18.2 Å². The van der Waals surface area contributed by atoms with E-state index in [1.807, 2.05) is 24.3 Å². The number of hydrogen-bond donors (Lipinski definition) is 2. The highest BCUT2D eigenvalue weighted by Crippen LogP contribution is 2.30. The van der Waals surface area contributed by atoms with Crippen LogP contribution >= 0.6 is 0 Å². The van der Waals surface area contributed by atoms with E-state index in [4.69, 9.17) is 9.47 Å². The molecule has 3 rings (SSSR count). The summed E-state index contributed by atoms with van der Waals surface area (Å²) in [6.07, 6.45) is -0.277. The monoisotopic (exact) mass is 387 g/mol. The van der Waals surface area contributed by atoms with E-state index in [1.54, 1.807) is 18.0 Å². The van der Waals surface area contributed by atoms with Gasteiger partial charge in [-0.2, -0.15) is 0 Å². The molecule has 2 aromatic carbocycles. The Bertz CT molecular complexity index is 846. The number of carbonyl (C=O) groups is 2. The number of anilines is 1. The molecule has 1 atom stereocenters. The van der Waals surface area contributed by atoms with Crippen LogP contribution in [0.3, 0.4) is 0 Å². The first-order chi connectivity index (χ1) is 13.5. The molecule has 7 nitrogen and oxygen atoms in total. The van der Waals surface area contributed by atoms with E-state index in [9.17, 15) is 14.0 Å². The van der Waals surface area contributed by atoms with Crippen LogP contribution in [0, 0.1) is 5.82 Å². The van der Waals surface area contributed by atoms with Crippen molar-refractivity contribution in [3.05, 3.63) is 54.3 Å². The molecule has 8 heteroatoms. The van der Waals surface area contributed by atoms with E-state index < -0.39 is 5.82 Å². The molecule has 0 fully saturated rings. The lowest BCUT2D eigenvalue weighted by Gasteiger charge is -2.26. The minimum Gasteiger partial charge on any atom is -0.486 e. The molecule has 2 amide bonds. The van der Waals surface area contributed by atoms with E-state index in [0.29, 0.717) is 30.3 Å². The quantitative estimate of drug-likeness (QED) is 0.755. The van der Waals surface area contributed by atoms with Gasteiger partial charge in [-0.3, -0.25) is 14.5 Å². The molecule has 0 radical (unpaired) electrons. The van der Waals surface area contributed by atoms with Crippen molar-refractivity contribution in [3.63, 3.8) is 0 Å². The van der Waals surface area contributed by atoms with Crippen LogP contribution in [0.5, 0.6) is 11.5 Å². The number of rotatable bonds is 7. The van der Waals surface area contributed by atoms with Crippen molar-refractivity contribution < 1.29 is 23.5 Å². The van der Waals surface area contributed by atoms with Crippen LogP contribution < -0.4 is 20.1 Å². The van der Waals surface area contributed by atoms with Crippen LogP contribution in [0.2, 0.25) is 0 Å². The highest BCUT2D eigenvalue weighted by Gasteiger charge is 2.21. The molecule has 1 aliphatic heterocycles. The van der Waals surface area contributed by atoms with E-state index >= 15 is 0 Å². The Morgan fingerprint density at radius 2 is 1.86 bits per heavy atom. The molecule has 0 spiro atoms. The van der Waals surface area contributed by atoms with Crippen molar-refractivity contribution in [3.8, 4) is 11.5 Å². The molecule has 0 aromatic heterocycles. The lowest BCUT2D eigenvalue weighted by molar-refractivity contribution is -0.123. The second-order valence-corrected chi connectivity index (χ2v) is 6.53. The Morgan fingerprint density at radius 3 is 2.64 bits per heavy atom. The van der Waals surface area contributed by atoms with Gasteiger partial charge in [0.05, 0.1) is 19.6 Å². The molecule has 0 aliphatic carbocycles. The number of nitrogens with zero attached hydrogens (tertiary/aromatic N) is 1. The molecule has 2 N–H and O–H groups in total. The third-order valence-electron chi connectivity index (χ3n) is 4.03. The second-order valence-electron chi connectivity index (χ2n) is 6.53. The van der Waals surface area contributed by atoms with Crippen molar-refractivity contribution in [2.24, 2.45) is 0 Å². The van der Waals surface area contributed by atoms with Gasteiger partial charge in [0, 0.05) is 5.69 Å². The zero-order chi connectivity index (χ0) is 19.9. The van der Waals surface area contributed by atoms with Gasteiger partial charge in [0.25, 0.3) is 0 Å². The molecule has 1 unspecified atom stereocenters. The maximum absolute atomic E-state index is 13.1. The number of ether oxygens (including phenoxy) is 2. The van der Waals surface area contributed by atoms with Gasteiger partial charge < -0.3 is 20.1 Å². The molecule has 1 aliphatic rings. The van der Waals surface area contributed by atoms with Gasteiger partial charge in [-0.15, -0.1) is 0 Å². The molecule has 1 heterocycles. The van der Waals surface area contributed by atoms with Crippen molar-refractivity contribution in [2.75, 3.05) is 38.6 Å². The fraction of sp³-hybridized carbons (Fsp3) is 0.300. The summed E-state index contributed by atoms with van der Waals surface area (Å²) in [7, 11) is 1.65. The van der Waals surface area contributed by atoms with Crippen LogP contribution in [-0.4, -0.2) is 56.1 Å². The number of hydrogen-bond acceptors (Lipinski definition) is 5. The van der Waals surface area contributed by atoms with E-state index in [2.05, 4.69) is 10.6 Å². The Morgan fingerprint density at radius 1 is 1.11 bits per heavy atom. The predicted octanol–water partition coefficient (Wildman–Crippen LogP) is 1.65. The predicted molar refractivity (Wildman–Crippen MR) is 102 cm³/mol. The summed E-state index contributed by atoms with van der Waals surface area (Å²) >= 11 is 0. The third-order valence-corrected chi connectivity index (χ3v) is 4.03. The van der Waals surface area contributed by atoms with Gasteiger partial charge in [-0.1, -0.05) is 18.2 Å². The minimum absolute atomic E-state index is 0.000346. The Kier molecular flexibility index (Phi) is 6.44. The molecule has 0 saturated heterocycles. The molecule has 0 bridgehead atoms. The zero-order valence-electron chi connectivity index (χ0n) is 15.5. The van der Waals surface area contributed by atoms with Gasteiger partial charge in [0.2, 0.25) is 11.8 Å². The number of likely N-dealkylation sites (N-methyl/N-ethyl adjacent to an activating group) is 1. The zero-order valence-corrected chi connectivity index (χ0v) is 15.5. The number of nitrogens with one attached hydrogen (secondary N) is 2. The second kappa shape index (κ2) is 9.18. The van der Waals surface area contributed by atoms with Gasteiger partial charge in [0.1, 0.15) is 18.5 Å². The maximum atomic E-state index is 13.1. The average Bonchev–Trinajstić information content (AvgIpc) is 2.66. The Hall–Kier alpha value is -3.13. The summed E-state index contributed by atoms with van der Waals surface area (Å²) in [6.45, 7) is 0.695. The van der Waals surface area contributed by atoms with E-state index in [0.717, 1.165) is 0 Å². The van der Waals surface area contributed by atoms with Crippen LogP contribution in [0.4, 0.5) is 10.1 Å². The molecule has 148 valence electrons. The first kappa shape index (κ1) is 19.6. The summed E-state index contributed by atoms with van der Waals surface area (Å²) in [5.41, 5.74) is 0.373. The fourth-order valence-corrected chi connectivity index (χ4v) is 2.76. The standard InChI is InChI=1S/C20H22FN3O4/c1-24(12-20(26)23-15-6-4-5-14(21)9-15)11-19(25)22-10-16-13-27-17-7-2-3-8-18(17)28-16/h2-9,16H,10-13H2,1H3,(H,22,25)(H,23,26).